The number of hydrogen-bond acceptors (Lipinski definition) is 2. The zero-order chi connectivity index (χ0) is 43.2. The van der Waals surface area contributed by atoms with Gasteiger partial charge in [0, 0.05) is 33.1 Å². The molecule has 0 N–H and O–H groups in total. The Hall–Kier alpha value is -6.38. The van der Waals surface area contributed by atoms with Crippen LogP contribution < -0.4 is 4.90 Å². The third kappa shape index (κ3) is 4.83. The number of para-hydroxylation sites is 1. The Morgan fingerprint density at radius 3 is 1.83 bits per heavy atom. The summed E-state index contributed by atoms with van der Waals surface area (Å²) in [4.78, 5) is 1.20. The summed E-state index contributed by atoms with van der Waals surface area (Å²) in [7, 11) is 0. The molecule has 8 aromatic carbocycles. The molecule has 2 nitrogen and oxygen atoms in total. The summed E-state index contributed by atoms with van der Waals surface area (Å²) in [6.45, 7) is 0. The monoisotopic (exact) mass is 626 g/mol. The molecule has 1 aromatic heterocycles. The number of nitrogens with zero attached hydrogens (tertiary/aromatic N) is 1. The van der Waals surface area contributed by atoms with E-state index in [4.69, 9.17) is 11.3 Å². The second-order valence-corrected chi connectivity index (χ2v) is 11.1. The number of fused-ring (bicyclic) bond motifs is 5. The number of benzene rings is 8. The predicted molar refractivity (Wildman–Crippen MR) is 202 cm³/mol. The predicted octanol–water partition coefficient (Wildman–Crippen LogP) is 13.2. The van der Waals surface area contributed by atoms with Crippen molar-refractivity contribution in [3.8, 4) is 33.4 Å². The zero-order valence-electron chi connectivity index (χ0n) is 38.2. The van der Waals surface area contributed by atoms with E-state index in [1.807, 2.05) is 48.5 Å². The van der Waals surface area contributed by atoms with Crippen LogP contribution in [0.5, 0.6) is 0 Å². The van der Waals surface area contributed by atoms with Crippen LogP contribution in [0.4, 0.5) is 17.1 Å². The van der Waals surface area contributed by atoms with Crippen LogP contribution in [0.1, 0.15) is 17.8 Å². The largest absolute Gasteiger partial charge is 0.455 e. The molecular formula is C46H31NO. The van der Waals surface area contributed by atoms with E-state index in [0.29, 0.717) is 33.2 Å². The van der Waals surface area contributed by atoms with Crippen molar-refractivity contribution in [2.24, 2.45) is 0 Å². The molecule has 0 saturated carbocycles. The Labute approximate surface area is 298 Å². The third-order valence-electron chi connectivity index (χ3n) is 8.31. The maximum absolute atomic E-state index is 9.52. The lowest BCUT2D eigenvalue weighted by Gasteiger charge is -2.28. The van der Waals surface area contributed by atoms with Crippen LogP contribution >= 0.6 is 0 Å². The molecule has 226 valence electrons. The smallest absolute Gasteiger partial charge is 0.143 e. The Kier molecular flexibility index (Phi) is 4.29. The lowest BCUT2D eigenvalue weighted by molar-refractivity contribution is 0.673. The van der Waals surface area contributed by atoms with Gasteiger partial charge in [0.05, 0.1) is 23.5 Å². The van der Waals surface area contributed by atoms with Gasteiger partial charge < -0.3 is 9.32 Å². The van der Waals surface area contributed by atoms with Crippen LogP contribution in [0.3, 0.4) is 0 Å². The Balaban J connectivity index is 1.39. The summed E-state index contributed by atoms with van der Waals surface area (Å²) in [5.74, 6) is 0. The normalized spacial score (nSPS) is 15.1. The molecule has 48 heavy (non-hydrogen) atoms. The SMILES string of the molecule is [2H]c1c([2H])c([2H])c(-c2c([2H])c([2H])c(N(c3ccccc3-c3cccc4oc5c6ccccc6ccc5c34)c3c([2H])c([2H])c(-c4ccccc4)c([2H])c3[2H])c([2H])c2[2H])c([2H])c1[2H]. The topological polar surface area (TPSA) is 16.4 Å². The van der Waals surface area contributed by atoms with Gasteiger partial charge in [0.2, 0.25) is 0 Å². The number of rotatable bonds is 6. The van der Waals surface area contributed by atoms with E-state index in [0.717, 1.165) is 16.2 Å². The highest BCUT2D eigenvalue weighted by atomic mass is 16.3. The van der Waals surface area contributed by atoms with Crippen molar-refractivity contribution in [1.29, 1.82) is 0 Å². The highest BCUT2D eigenvalue weighted by molar-refractivity contribution is 6.19. The highest BCUT2D eigenvalue weighted by Gasteiger charge is 2.21. The number of furan rings is 1. The van der Waals surface area contributed by atoms with Crippen molar-refractivity contribution in [1.82, 2.24) is 0 Å². The third-order valence-corrected chi connectivity index (χ3v) is 8.31. The van der Waals surface area contributed by atoms with E-state index in [2.05, 4.69) is 0 Å². The van der Waals surface area contributed by atoms with E-state index >= 15 is 0 Å². The first-order valence-electron chi connectivity index (χ1n) is 21.8. The average Bonchev–Trinajstić information content (AvgIpc) is 3.67. The minimum Gasteiger partial charge on any atom is -0.455 e. The first-order valence-corrected chi connectivity index (χ1v) is 15.3. The summed E-state index contributed by atoms with van der Waals surface area (Å²) >= 11 is 0. The van der Waals surface area contributed by atoms with Crippen LogP contribution in [-0.4, -0.2) is 0 Å². The van der Waals surface area contributed by atoms with Crippen molar-refractivity contribution in [3.63, 3.8) is 0 Å². The summed E-state index contributed by atoms with van der Waals surface area (Å²) in [6.07, 6.45) is 0. The molecule has 2 heteroatoms. The Bertz CT molecular complexity index is 3220. The van der Waals surface area contributed by atoms with E-state index in [9.17, 15) is 11.0 Å². The molecule has 0 unspecified atom stereocenters. The maximum atomic E-state index is 9.52. The Morgan fingerprint density at radius 1 is 0.438 bits per heavy atom. The fourth-order valence-corrected chi connectivity index (χ4v) is 6.11. The molecule has 0 saturated heterocycles. The fourth-order valence-electron chi connectivity index (χ4n) is 6.11. The van der Waals surface area contributed by atoms with Crippen molar-refractivity contribution < 1.29 is 22.2 Å². The van der Waals surface area contributed by atoms with Gasteiger partial charge in [0.1, 0.15) is 11.2 Å². The van der Waals surface area contributed by atoms with Gasteiger partial charge in [-0.25, -0.2) is 0 Å². The lowest BCUT2D eigenvalue weighted by Crippen LogP contribution is -2.11. The van der Waals surface area contributed by atoms with Crippen LogP contribution in [0.15, 0.2) is 192 Å². The molecule has 0 aliphatic carbocycles. The number of hydrogen-bond donors (Lipinski definition) is 0. The fraction of sp³-hybridized carbons (Fsp3) is 0. The second-order valence-electron chi connectivity index (χ2n) is 11.1. The van der Waals surface area contributed by atoms with Crippen molar-refractivity contribution in [2.75, 3.05) is 4.90 Å². The molecule has 9 aromatic rings. The van der Waals surface area contributed by atoms with Gasteiger partial charge in [-0.2, -0.15) is 0 Å². The summed E-state index contributed by atoms with van der Waals surface area (Å²) < 4.78 is 123. The van der Waals surface area contributed by atoms with E-state index in [1.54, 1.807) is 60.7 Å². The summed E-state index contributed by atoms with van der Waals surface area (Å²) in [6, 6.07) is 24.2. The highest BCUT2D eigenvalue weighted by Crippen LogP contribution is 2.46. The maximum Gasteiger partial charge on any atom is 0.143 e. The van der Waals surface area contributed by atoms with Gasteiger partial charge in [0.25, 0.3) is 0 Å². The molecule has 0 fully saturated rings. The lowest BCUT2D eigenvalue weighted by atomic mass is 9.96. The van der Waals surface area contributed by atoms with Gasteiger partial charge in [-0.3, -0.25) is 0 Å². The second kappa shape index (κ2) is 11.8. The molecule has 0 atom stereocenters. The average molecular weight is 627 g/mol. The van der Waals surface area contributed by atoms with E-state index < -0.39 is 95.4 Å². The van der Waals surface area contributed by atoms with Crippen molar-refractivity contribution >= 4 is 49.8 Å². The van der Waals surface area contributed by atoms with Crippen LogP contribution in [0.25, 0.3) is 66.1 Å². The molecule has 0 spiro atoms. The van der Waals surface area contributed by atoms with Crippen LogP contribution in [0.2, 0.25) is 0 Å². The summed E-state index contributed by atoms with van der Waals surface area (Å²) in [5.41, 5.74) is 1.01. The van der Waals surface area contributed by atoms with Gasteiger partial charge in [-0.15, -0.1) is 0 Å². The van der Waals surface area contributed by atoms with E-state index in [-0.39, 0.29) is 16.9 Å². The quantitative estimate of drug-likeness (QED) is 0.183. The van der Waals surface area contributed by atoms with Crippen LogP contribution in [-0.2, 0) is 0 Å². The first kappa shape index (κ1) is 17.5. The summed E-state index contributed by atoms with van der Waals surface area (Å²) in [5, 5.41) is 3.36. The molecule has 0 amide bonds. The number of anilines is 3. The van der Waals surface area contributed by atoms with Gasteiger partial charge >= 0.3 is 0 Å². The minimum atomic E-state index is -0.747. The molecule has 1 heterocycles. The Morgan fingerprint density at radius 2 is 1.06 bits per heavy atom. The molecule has 9 rings (SSSR count). The molecular weight excluding hydrogens is 583 g/mol. The first-order chi connectivity index (χ1) is 29.2. The minimum absolute atomic E-state index is 0.0190. The van der Waals surface area contributed by atoms with Crippen molar-refractivity contribution in [2.45, 2.75) is 0 Å². The van der Waals surface area contributed by atoms with Crippen molar-refractivity contribution in [3.05, 3.63) is 188 Å². The zero-order valence-corrected chi connectivity index (χ0v) is 25.2. The van der Waals surface area contributed by atoms with Gasteiger partial charge in [0.15, 0.2) is 0 Å². The van der Waals surface area contributed by atoms with E-state index in [1.165, 1.54) is 4.90 Å². The van der Waals surface area contributed by atoms with Crippen LogP contribution in [0, 0.1) is 0 Å². The molecule has 0 aliphatic heterocycles. The van der Waals surface area contributed by atoms with Gasteiger partial charge in [-0.05, 0) is 75.6 Å². The molecule has 0 bridgehead atoms. The molecule has 0 radical (unpaired) electrons. The standard InChI is InChI=1S/C46H31NO/c1-3-12-32(13-4-1)34-22-27-37(28-23-34)47(38-29-24-35(25-30-38)33-14-5-2-6-15-33)43-20-10-9-18-40(43)41-19-11-21-44-45(41)42-31-26-36-16-7-8-17-39(36)46(42)48-44/h1-31H/i1D,3D,4D,12D,13D,22D,23D,24D,25D,27D,28D,29D,30D. The van der Waals surface area contributed by atoms with Gasteiger partial charge in [-0.1, -0.05) is 145 Å². The molecule has 0 aliphatic rings.